The zero-order valence-electron chi connectivity index (χ0n) is 14.2. The molecule has 0 heterocycles. The molecule has 2 aromatic carbocycles. The number of amides is 1. The summed E-state index contributed by atoms with van der Waals surface area (Å²) in [6.07, 6.45) is -1.04. The van der Waals surface area contributed by atoms with Gasteiger partial charge in [0.1, 0.15) is 5.02 Å². The molecule has 7 nitrogen and oxygen atoms in total. The first-order valence-electron chi connectivity index (χ1n) is 7.73. The summed E-state index contributed by atoms with van der Waals surface area (Å²) in [6, 6.07) is 12.9. The molecule has 0 aromatic heterocycles. The highest BCUT2D eigenvalue weighted by Crippen LogP contribution is 2.25. The Hall–Kier alpha value is -2.93. The first-order valence-corrected chi connectivity index (χ1v) is 8.11. The van der Waals surface area contributed by atoms with Gasteiger partial charge in [-0.05, 0) is 24.6 Å². The molecular weight excluding hydrogens is 360 g/mol. The molecule has 0 aliphatic carbocycles. The van der Waals surface area contributed by atoms with Crippen LogP contribution in [0.3, 0.4) is 0 Å². The number of carbonyl (C=O) groups is 2. The normalized spacial score (nSPS) is 11.5. The SMILES string of the molecule is C[C@H](OC(=O)c1ccc(Cl)c([N+](=O)[O-])c1)C(=O)N(C)Cc1ccccc1. The Bertz CT molecular complexity index is 826. The first kappa shape index (κ1) is 19.4. The molecule has 0 spiro atoms. The van der Waals surface area contributed by atoms with Crippen LogP contribution >= 0.6 is 11.6 Å². The lowest BCUT2D eigenvalue weighted by Crippen LogP contribution is -2.37. The molecular formula is C18H17ClN2O5. The van der Waals surface area contributed by atoms with E-state index in [1.807, 2.05) is 30.3 Å². The third-order valence-corrected chi connectivity index (χ3v) is 3.97. The molecule has 1 atom stereocenters. The Morgan fingerprint density at radius 1 is 1.23 bits per heavy atom. The number of likely N-dealkylation sites (N-methyl/N-ethyl adjacent to an activating group) is 1. The van der Waals surface area contributed by atoms with Gasteiger partial charge in [0.05, 0.1) is 10.5 Å². The van der Waals surface area contributed by atoms with Crippen LogP contribution < -0.4 is 0 Å². The van der Waals surface area contributed by atoms with Crippen molar-refractivity contribution in [2.75, 3.05) is 7.05 Å². The summed E-state index contributed by atoms with van der Waals surface area (Å²) in [5.41, 5.74) is 0.489. The van der Waals surface area contributed by atoms with Crippen molar-refractivity contribution in [2.45, 2.75) is 19.6 Å². The van der Waals surface area contributed by atoms with Crippen LogP contribution in [0.2, 0.25) is 5.02 Å². The van der Waals surface area contributed by atoms with Crippen molar-refractivity contribution >= 4 is 29.2 Å². The summed E-state index contributed by atoms with van der Waals surface area (Å²) < 4.78 is 5.14. The number of carbonyl (C=O) groups excluding carboxylic acids is 2. The molecule has 0 aliphatic rings. The molecule has 0 N–H and O–H groups in total. The Morgan fingerprint density at radius 2 is 1.88 bits per heavy atom. The molecule has 0 fully saturated rings. The molecule has 2 aromatic rings. The molecule has 2 rings (SSSR count). The van der Waals surface area contributed by atoms with E-state index >= 15 is 0 Å². The standard InChI is InChI=1S/C18H17ClN2O5/c1-12(17(22)20(2)11-13-6-4-3-5-7-13)26-18(23)14-8-9-15(19)16(10-14)21(24)25/h3-10,12H,11H2,1-2H3/t12-/m0/s1. The minimum atomic E-state index is -1.04. The molecule has 0 radical (unpaired) electrons. The van der Waals surface area contributed by atoms with Crippen molar-refractivity contribution < 1.29 is 19.2 Å². The Morgan fingerprint density at radius 3 is 2.50 bits per heavy atom. The quantitative estimate of drug-likeness (QED) is 0.437. The van der Waals surface area contributed by atoms with E-state index in [0.29, 0.717) is 6.54 Å². The predicted octanol–water partition coefficient (Wildman–Crippen LogP) is 3.45. The van der Waals surface area contributed by atoms with E-state index in [2.05, 4.69) is 0 Å². The molecule has 136 valence electrons. The third-order valence-electron chi connectivity index (χ3n) is 3.65. The molecule has 0 saturated carbocycles. The molecule has 8 heteroatoms. The van der Waals surface area contributed by atoms with Gasteiger partial charge in [-0.2, -0.15) is 0 Å². The van der Waals surface area contributed by atoms with Gasteiger partial charge in [-0.15, -0.1) is 0 Å². The maximum Gasteiger partial charge on any atom is 0.339 e. The fourth-order valence-electron chi connectivity index (χ4n) is 2.30. The van der Waals surface area contributed by atoms with Gasteiger partial charge < -0.3 is 9.64 Å². The third kappa shape index (κ3) is 4.80. The highest BCUT2D eigenvalue weighted by atomic mass is 35.5. The van der Waals surface area contributed by atoms with Gasteiger partial charge >= 0.3 is 5.97 Å². The zero-order chi connectivity index (χ0) is 19.3. The molecule has 0 unspecified atom stereocenters. The first-order chi connectivity index (χ1) is 12.3. The number of esters is 1. The van der Waals surface area contributed by atoms with Gasteiger partial charge in [0.25, 0.3) is 11.6 Å². The van der Waals surface area contributed by atoms with E-state index in [0.717, 1.165) is 11.6 Å². The predicted molar refractivity (Wildman–Crippen MR) is 95.9 cm³/mol. The summed E-state index contributed by atoms with van der Waals surface area (Å²) in [4.78, 5) is 36.2. The fraction of sp³-hybridized carbons (Fsp3) is 0.222. The molecule has 0 saturated heterocycles. The van der Waals surface area contributed by atoms with Gasteiger partial charge in [-0.25, -0.2) is 4.79 Å². The summed E-state index contributed by atoms with van der Waals surface area (Å²) in [6.45, 7) is 1.82. The van der Waals surface area contributed by atoms with Gasteiger partial charge in [0.15, 0.2) is 6.10 Å². The number of nitrogens with zero attached hydrogens (tertiary/aromatic N) is 2. The van der Waals surface area contributed by atoms with Crippen molar-refractivity contribution in [3.8, 4) is 0 Å². The summed E-state index contributed by atoms with van der Waals surface area (Å²) >= 11 is 5.72. The van der Waals surface area contributed by atoms with Gasteiger partial charge in [0, 0.05) is 19.7 Å². The van der Waals surface area contributed by atoms with E-state index in [4.69, 9.17) is 16.3 Å². The fourth-order valence-corrected chi connectivity index (χ4v) is 2.49. The lowest BCUT2D eigenvalue weighted by Gasteiger charge is -2.21. The van der Waals surface area contributed by atoms with Crippen molar-refractivity contribution in [1.29, 1.82) is 0 Å². The van der Waals surface area contributed by atoms with Crippen LogP contribution in [0.5, 0.6) is 0 Å². The van der Waals surface area contributed by atoms with Crippen molar-refractivity contribution in [2.24, 2.45) is 0 Å². The monoisotopic (exact) mass is 376 g/mol. The van der Waals surface area contributed by atoms with Crippen LogP contribution in [0.4, 0.5) is 5.69 Å². The van der Waals surface area contributed by atoms with Crippen molar-refractivity contribution in [3.05, 3.63) is 74.8 Å². The topological polar surface area (TPSA) is 89.7 Å². The molecule has 1 amide bonds. The number of benzene rings is 2. The number of nitro benzene ring substituents is 1. The largest absolute Gasteiger partial charge is 0.449 e. The second kappa shape index (κ2) is 8.44. The average Bonchev–Trinajstić information content (AvgIpc) is 2.61. The Balaban J connectivity index is 2.03. The van der Waals surface area contributed by atoms with E-state index in [1.54, 1.807) is 7.05 Å². The number of halogens is 1. The van der Waals surface area contributed by atoms with E-state index in [1.165, 1.54) is 24.0 Å². The second-order valence-electron chi connectivity index (χ2n) is 5.65. The van der Waals surface area contributed by atoms with E-state index < -0.39 is 22.7 Å². The van der Waals surface area contributed by atoms with Crippen LogP contribution in [0.25, 0.3) is 0 Å². The lowest BCUT2D eigenvalue weighted by atomic mass is 10.2. The summed E-state index contributed by atoms with van der Waals surface area (Å²) in [5.74, 6) is -1.22. The zero-order valence-corrected chi connectivity index (χ0v) is 15.0. The van der Waals surface area contributed by atoms with Crippen LogP contribution in [-0.2, 0) is 16.1 Å². The number of hydrogen-bond donors (Lipinski definition) is 0. The molecule has 0 aliphatic heterocycles. The maximum absolute atomic E-state index is 12.4. The minimum absolute atomic E-state index is 0.0496. The molecule has 0 bridgehead atoms. The average molecular weight is 377 g/mol. The van der Waals surface area contributed by atoms with Gasteiger partial charge in [-0.3, -0.25) is 14.9 Å². The van der Waals surface area contributed by atoms with Gasteiger partial charge in [-0.1, -0.05) is 41.9 Å². The number of nitro groups is 1. The van der Waals surface area contributed by atoms with Crippen LogP contribution in [-0.4, -0.2) is 34.9 Å². The Labute approximate surface area is 155 Å². The van der Waals surface area contributed by atoms with Crippen molar-refractivity contribution in [1.82, 2.24) is 4.90 Å². The van der Waals surface area contributed by atoms with E-state index in [-0.39, 0.29) is 16.5 Å². The molecule has 26 heavy (non-hydrogen) atoms. The number of ether oxygens (including phenoxy) is 1. The van der Waals surface area contributed by atoms with E-state index in [9.17, 15) is 19.7 Å². The smallest absolute Gasteiger partial charge is 0.339 e. The lowest BCUT2D eigenvalue weighted by molar-refractivity contribution is -0.384. The number of hydrogen-bond acceptors (Lipinski definition) is 5. The highest BCUT2D eigenvalue weighted by Gasteiger charge is 2.24. The summed E-state index contributed by atoms with van der Waals surface area (Å²) in [7, 11) is 1.60. The van der Waals surface area contributed by atoms with Crippen LogP contribution in [0.1, 0.15) is 22.8 Å². The van der Waals surface area contributed by atoms with Crippen LogP contribution in [0, 0.1) is 10.1 Å². The van der Waals surface area contributed by atoms with Crippen LogP contribution in [0.15, 0.2) is 48.5 Å². The van der Waals surface area contributed by atoms with Crippen molar-refractivity contribution in [3.63, 3.8) is 0 Å². The summed E-state index contributed by atoms with van der Waals surface area (Å²) in [5, 5.41) is 10.8. The Kier molecular flexibility index (Phi) is 6.30. The minimum Gasteiger partial charge on any atom is -0.449 e. The van der Waals surface area contributed by atoms with Gasteiger partial charge in [0.2, 0.25) is 0 Å². The second-order valence-corrected chi connectivity index (χ2v) is 6.06. The highest BCUT2D eigenvalue weighted by molar-refractivity contribution is 6.32. The maximum atomic E-state index is 12.4. The number of rotatable bonds is 6.